The van der Waals surface area contributed by atoms with Crippen molar-refractivity contribution in [2.45, 2.75) is 29.5 Å². The first-order valence-corrected chi connectivity index (χ1v) is 11.6. The number of unbranched alkanes of at least 4 members (excludes halogenated alkanes) is 1. The van der Waals surface area contributed by atoms with E-state index < -0.39 is 16.2 Å². The average Bonchev–Trinajstić information content (AvgIpc) is 3.25. The minimum Gasteiger partial charge on any atom is -0.326 e. The molecule has 1 amide bonds. The molecular weight excluding hydrogens is 511 g/mol. The Balaban J connectivity index is 1.74. The van der Waals surface area contributed by atoms with Gasteiger partial charge in [0.2, 0.25) is 5.91 Å². The molecule has 30 heavy (non-hydrogen) atoms. The average molecular weight is 528 g/mol. The van der Waals surface area contributed by atoms with Crippen molar-refractivity contribution in [3.63, 3.8) is 0 Å². The van der Waals surface area contributed by atoms with E-state index in [1.54, 1.807) is 36.4 Å². The standard InChI is InChI=1S/C21H17Cl6NO2/c22-6-2-1-3-17(29)15-10-14(4-5-16(15)25)28-20(30)19-18(21(19,26)27)11-7-12(23)9-13(24)8-11/h4-5,7-10,18-19H,1-3,6H2,(H,28,30). The SMILES string of the molecule is O=C(CCCCCl)c1cc(NC(=O)C2C(c3cc(Cl)cc(Cl)c3)C2(Cl)Cl)ccc1Cl. The largest absolute Gasteiger partial charge is 0.326 e. The van der Waals surface area contributed by atoms with Gasteiger partial charge in [-0.15, -0.1) is 34.8 Å². The van der Waals surface area contributed by atoms with E-state index in [4.69, 9.17) is 69.6 Å². The Labute approximate surface area is 204 Å². The number of anilines is 1. The molecule has 160 valence electrons. The molecule has 0 aromatic heterocycles. The Kier molecular flexibility index (Phi) is 7.87. The van der Waals surface area contributed by atoms with E-state index in [9.17, 15) is 9.59 Å². The van der Waals surface area contributed by atoms with Gasteiger partial charge in [-0.3, -0.25) is 9.59 Å². The third-order valence-electron chi connectivity index (χ3n) is 4.90. The van der Waals surface area contributed by atoms with Crippen molar-refractivity contribution in [1.82, 2.24) is 0 Å². The van der Waals surface area contributed by atoms with Gasteiger partial charge in [0, 0.05) is 39.5 Å². The molecule has 0 bridgehead atoms. The van der Waals surface area contributed by atoms with Crippen LogP contribution in [0.1, 0.15) is 41.1 Å². The molecule has 1 saturated carbocycles. The monoisotopic (exact) mass is 525 g/mol. The van der Waals surface area contributed by atoms with Crippen molar-refractivity contribution in [2.75, 3.05) is 11.2 Å². The first kappa shape index (κ1) is 24.0. The van der Waals surface area contributed by atoms with E-state index in [1.807, 2.05) is 0 Å². The lowest BCUT2D eigenvalue weighted by atomic mass is 10.0. The number of hydrogen-bond acceptors (Lipinski definition) is 2. The first-order chi connectivity index (χ1) is 14.1. The van der Waals surface area contributed by atoms with Gasteiger partial charge in [-0.25, -0.2) is 0 Å². The van der Waals surface area contributed by atoms with Gasteiger partial charge in [-0.05, 0) is 54.8 Å². The van der Waals surface area contributed by atoms with Gasteiger partial charge in [0.05, 0.1) is 10.9 Å². The summed E-state index contributed by atoms with van der Waals surface area (Å²) in [7, 11) is 0. The summed E-state index contributed by atoms with van der Waals surface area (Å²) >= 11 is 36.7. The molecular formula is C21H17Cl6NO2. The summed E-state index contributed by atoms with van der Waals surface area (Å²) in [5.74, 6) is -1.14. The number of ketones is 1. The van der Waals surface area contributed by atoms with Gasteiger partial charge in [0.15, 0.2) is 5.78 Å². The number of nitrogens with one attached hydrogen (secondary N) is 1. The molecule has 0 saturated heterocycles. The minimum atomic E-state index is -1.29. The van der Waals surface area contributed by atoms with E-state index >= 15 is 0 Å². The summed E-state index contributed by atoms with van der Waals surface area (Å²) in [6.07, 6.45) is 1.74. The molecule has 1 N–H and O–H groups in total. The molecule has 2 unspecified atom stereocenters. The second-order valence-electron chi connectivity index (χ2n) is 7.09. The lowest BCUT2D eigenvalue weighted by molar-refractivity contribution is -0.117. The maximum absolute atomic E-state index is 12.8. The van der Waals surface area contributed by atoms with Crippen LogP contribution in [-0.2, 0) is 4.79 Å². The maximum Gasteiger partial charge on any atom is 0.231 e. The highest BCUT2D eigenvalue weighted by Gasteiger charge is 2.67. The van der Waals surface area contributed by atoms with Crippen LogP contribution >= 0.6 is 69.6 Å². The Morgan fingerprint density at radius 3 is 2.27 bits per heavy atom. The van der Waals surface area contributed by atoms with E-state index in [2.05, 4.69) is 5.32 Å². The molecule has 0 spiro atoms. The third-order valence-corrected chi connectivity index (χ3v) is 6.88. The number of amides is 1. The zero-order valence-electron chi connectivity index (χ0n) is 15.5. The predicted octanol–water partition coefficient (Wildman–Crippen LogP) is 7.76. The van der Waals surface area contributed by atoms with Crippen molar-refractivity contribution in [3.8, 4) is 0 Å². The number of alkyl halides is 3. The van der Waals surface area contributed by atoms with Gasteiger partial charge < -0.3 is 5.32 Å². The van der Waals surface area contributed by atoms with Crippen molar-refractivity contribution in [3.05, 3.63) is 62.6 Å². The normalized spacial score (nSPS) is 19.4. The number of carbonyl (C=O) groups excluding carboxylic acids is 2. The summed E-state index contributed by atoms with van der Waals surface area (Å²) in [4.78, 5) is 25.3. The summed E-state index contributed by atoms with van der Waals surface area (Å²) in [5, 5.41) is 3.96. The summed E-state index contributed by atoms with van der Waals surface area (Å²) in [6.45, 7) is 0. The van der Waals surface area contributed by atoms with Crippen LogP contribution in [0, 0.1) is 5.92 Å². The molecule has 1 fully saturated rings. The highest BCUT2D eigenvalue weighted by Crippen LogP contribution is 2.65. The van der Waals surface area contributed by atoms with E-state index in [1.165, 1.54) is 0 Å². The van der Waals surface area contributed by atoms with Crippen LogP contribution < -0.4 is 5.32 Å². The zero-order chi connectivity index (χ0) is 22.1. The molecule has 2 aromatic carbocycles. The second kappa shape index (κ2) is 9.85. The third kappa shape index (κ3) is 5.38. The highest BCUT2D eigenvalue weighted by atomic mass is 35.5. The lowest BCUT2D eigenvalue weighted by Crippen LogP contribution is -2.17. The Morgan fingerprint density at radius 2 is 1.63 bits per heavy atom. The fraction of sp³-hybridized carbons (Fsp3) is 0.333. The number of Topliss-reactive ketones (excluding diaryl/α,β-unsaturated/α-hetero) is 1. The zero-order valence-corrected chi connectivity index (χ0v) is 20.1. The molecule has 0 aliphatic heterocycles. The molecule has 9 heteroatoms. The summed E-state index contributed by atoms with van der Waals surface area (Å²) < 4.78 is -1.29. The molecule has 1 aliphatic rings. The van der Waals surface area contributed by atoms with Crippen LogP contribution in [0.2, 0.25) is 15.1 Å². The molecule has 1 aliphatic carbocycles. The van der Waals surface area contributed by atoms with Crippen molar-refractivity contribution in [2.24, 2.45) is 5.92 Å². The number of hydrogen-bond donors (Lipinski definition) is 1. The molecule has 3 nitrogen and oxygen atoms in total. The number of rotatable bonds is 8. The van der Waals surface area contributed by atoms with Crippen molar-refractivity contribution in [1.29, 1.82) is 0 Å². The van der Waals surface area contributed by atoms with Gasteiger partial charge in [-0.1, -0.05) is 34.8 Å². The van der Waals surface area contributed by atoms with E-state index in [0.29, 0.717) is 50.6 Å². The first-order valence-electron chi connectivity index (χ1n) is 9.18. The summed E-state index contributed by atoms with van der Waals surface area (Å²) in [5.41, 5.74) is 1.47. The van der Waals surface area contributed by atoms with Crippen LogP contribution in [0.15, 0.2) is 36.4 Å². The quantitative estimate of drug-likeness (QED) is 0.216. The predicted molar refractivity (Wildman–Crippen MR) is 126 cm³/mol. The fourth-order valence-electron chi connectivity index (χ4n) is 3.37. The van der Waals surface area contributed by atoms with Gasteiger partial charge in [0.25, 0.3) is 0 Å². The Morgan fingerprint density at radius 1 is 0.967 bits per heavy atom. The number of carbonyl (C=O) groups is 2. The van der Waals surface area contributed by atoms with Gasteiger partial charge in [-0.2, -0.15) is 0 Å². The lowest BCUT2D eigenvalue weighted by Gasteiger charge is -2.09. The van der Waals surface area contributed by atoms with Crippen molar-refractivity contribution < 1.29 is 9.59 Å². The number of halogens is 6. The van der Waals surface area contributed by atoms with Crippen LogP contribution in [0.3, 0.4) is 0 Å². The molecule has 0 heterocycles. The smallest absolute Gasteiger partial charge is 0.231 e. The van der Waals surface area contributed by atoms with Crippen molar-refractivity contribution >= 4 is 87.0 Å². The van der Waals surface area contributed by atoms with Gasteiger partial charge in [0.1, 0.15) is 4.33 Å². The second-order valence-corrected chi connectivity index (χ2v) is 10.2. The minimum absolute atomic E-state index is 0.108. The molecule has 3 rings (SSSR count). The highest BCUT2D eigenvalue weighted by molar-refractivity contribution is 6.53. The molecule has 0 radical (unpaired) electrons. The van der Waals surface area contributed by atoms with Gasteiger partial charge >= 0.3 is 0 Å². The molecule has 2 atom stereocenters. The Hall–Kier alpha value is -0.680. The van der Waals surface area contributed by atoms with Crippen LogP contribution in [0.25, 0.3) is 0 Å². The van der Waals surface area contributed by atoms with E-state index in [0.717, 1.165) is 6.42 Å². The van der Waals surface area contributed by atoms with Crippen LogP contribution in [0.4, 0.5) is 5.69 Å². The fourth-order valence-corrected chi connectivity index (χ4v) is 5.16. The maximum atomic E-state index is 12.8. The van der Waals surface area contributed by atoms with E-state index in [-0.39, 0.29) is 11.7 Å². The molecule has 2 aromatic rings. The number of benzene rings is 2. The topological polar surface area (TPSA) is 46.2 Å². The van der Waals surface area contributed by atoms with Crippen LogP contribution in [-0.4, -0.2) is 21.9 Å². The summed E-state index contributed by atoms with van der Waals surface area (Å²) in [6, 6.07) is 9.71. The Bertz CT molecular complexity index is 958. The van der Waals surface area contributed by atoms with Crippen LogP contribution in [0.5, 0.6) is 0 Å².